The fourth-order valence-electron chi connectivity index (χ4n) is 2.21. The van der Waals surface area contributed by atoms with Gasteiger partial charge in [0.1, 0.15) is 12.0 Å². The van der Waals surface area contributed by atoms with Crippen LogP contribution in [0.2, 0.25) is 0 Å². The van der Waals surface area contributed by atoms with Crippen LogP contribution in [0.15, 0.2) is 18.3 Å². The van der Waals surface area contributed by atoms with E-state index in [1.165, 1.54) is 12.3 Å². The standard InChI is InChI=1S/C11H15N3O3/c15-7-8-2-1-3-10(8)13-11-5-4-9(6-12-11)14(16)17/h4-6,8,10,15H,1-3,7H2,(H,12,13). The van der Waals surface area contributed by atoms with Crippen molar-refractivity contribution in [2.75, 3.05) is 11.9 Å². The van der Waals surface area contributed by atoms with Gasteiger partial charge >= 0.3 is 0 Å². The van der Waals surface area contributed by atoms with Crippen LogP contribution in [0, 0.1) is 16.0 Å². The van der Waals surface area contributed by atoms with Crippen LogP contribution in [0.1, 0.15) is 19.3 Å². The van der Waals surface area contributed by atoms with Gasteiger partial charge in [0.25, 0.3) is 5.69 Å². The molecule has 2 N–H and O–H groups in total. The minimum absolute atomic E-state index is 0.0133. The summed E-state index contributed by atoms with van der Waals surface area (Å²) in [4.78, 5) is 14.0. The fourth-order valence-corrected chi connectivity index (χ4v) is 2.21. The molecule has 6 nitrogen and oxygen atoms in total. The van der Waals surface area contributed by atoms with Crippen molar-refractivity contribution in [3.63, 3.8) is 0 Å². The summed E-state index contributed by atoms with van der Waals surface area (Å²) < 4.78 is 0. The predicted octanol–water partition coefficient (Wildman–Crippen LogP) is 1.56. The van der Waals surface area contributed by atoms with Crippen molar-refractivity contribution < 1.29 is 10.0 Å². The van der Waals surface area contributed by atoms with Crippen LogP contribution in [0.3, 0.4) is 0 Å². The molecule has 0 aliphatic heterocycles. The first kappa shape index (κ1) is 11.8. The van der Waals surface area contributed by atoms with Crippen LogP contribution >= 0.6 is 0 Å². The Kier molecular flexibility index (Phi) is 3.53. The number of aliphatic hydroxyl groups excluding tert-OH is 1. The van der Waals surface area contributed by atoms with Gasteiger partial charge in [0.05, 0.1) is 4.92 Å². The molecule has 2 atom stereocenters. The zero-order chi connectivity index (χ0) is 12.3. The molecular weight excluding hydrogens is 222 g/mol. The van der Waals surface area contributed by atoms with Gasteiger partial charge < -0.3 is 10.4 Å². The van der Waals surface area contributed by atoms with Gasteiger partial charge in [-0.25, -0.2) is 4.98 Å². The van der Waals surface area contributed by atoms with Crippen molar-refractivity contribution in [2.24, 2.45) is 5.92 Å². The number of rotatable bonds is 4. The van der Waals surface area contributed by atoms with Crippen molar-refractivity contribution in [2.45, 2.75) is 25.3 Å². The van der Waals surface area contributed by atoms with E-state index in [0.29, 0.717) is 5.82 Å². The van der Waals surface area contributed by atoms with Gasteiger partial charge in [0.15, 0.2) is 0 Å². The van der Waals surface area contributed by atoms with Crippen molar-refractivity contribution in [3.8, 4) is 0 Å². The molecule has 1 aromatic rings. The Hall–Kier alpha value is -1.69. The Morgan fingerprint density at radius 1 is 1.53 bits per heavy atom. The number of hydrogen-bond donors (Lipinski definition) is 2. The van der Waals surface area contributed by atoms with E-state index < -0.39 is 4.92 Å². The number of nitro groups is 1. The highest BCUT2D eigenvalue weighted by atomic mass is 16.6. The quantitative estimate of drug-likeness (QED) is 0.612. The van der Waals surface area contributed by atoms with Crippen LogP contribution < -0.4 is 5.32 Å². The zero-order valence-corrected chi connectivity index (χ0v) is 9.37. The van der Waals surface area contributed by atoms with E-state index in [4.69, 9.17) is 0 Å². The van der Waals surface area contributed by atoms with Crippen LogP contribution in [0.4, 0.5) is 11.5 Å². The highest BCUT2D eigenvalue weighted by molar-refractivity contribution is 5.41. The smallest absolute Gasteiger partial charge is 0.287 e. The molecule has 1 aliphatic rings. The molecule has 17 heavy (non-hydrogen) atoms. The average Bonchev–Trinajstić information content (AvgIpc) is 2.77. The maximum absolute atomic E-state index is 10.5. The van der Waals surface area contributed by atoms with E-state index in [-0.39, 0.29) is 24.3 Å². The van der Waals surface area contributed by atoms with Crippen LogP contribution in [-0.2, 0) is 0 Å². The molecule has 2 rings (SSSR count). The zero-order valence-electron chi connectivity index (χ0n) is 9.37. The Balaban J connectivity index is 2.01. The van der Waals surface area contributed by atoms with Gasteiger partial charge in [-0.2, -0.15) is 0 Å². The molecule has 0 radical (unpaired) electrons. The summed E-state index contributed by atoms with van der Waals surface area (Å²) in [7, 11) is 0. The number of nitrogens with zero attached hydrogens (tertiary/aromatic N) is 2. The normalized spacial score (nSPS) is 23.6. The maximum atomic E-state index is 10.5. The SMILES string of the molecule is O=[N+]([O-])c1ccc(NC2CCCC2CO)nc1. The third kappa shape index (κ3) is 2.71. The molecule has 1 fully saturated rings. The van der Waals surface area contributed by atoms with Crippen molar-refractivity contribution in [1.29, 1.82) is 0 Å². The number of hydrogen-bond acceptors (Lipinski definition) is 5. The van der Waals surface area contributed by atoms with Crippen LogP contribution in [-0.4, -0.2) is 27.7 Å². The van der Waals surface area contributed by atoms with E-state index in [2.05, 4.69) is 10.3 Å². The molecule has 0 saturated heterocycles. The second-order valence-electron chi connectivity index (χ2n) is 4.28. The van der Waals surface area contributed by atoms with Gasteiger partial charge in [0.2, 0.25) is 0 Å². The molecule has 0 amide bonds. The highest BCUT2D eigenvalue weighted by Gasteiger charge is 2.26. The third-order valence-corrected chi connectivity index (χ3v) is 3.19. The summed E-state index contributed by atoms with van der Waals surface area (Å²) in [6.07, 6.45) is 4.35. The predicted molar refractivity (Wildman–Crippen MR) is 62.7 cm³/mol. The van der Waals surface area contributed by atoms with E-state index in [1.807, 2.05) is 0 Å². The lowest BCUT2D eigenvalue weighted by molar-refractivity contribution is -0.385. The molecule has 6 heteroatoms. The lowest BCUT2D eigenvalue weighted by Gasteiger charge is -2.19. The molecule has 0 aromatic carbocycles. The van der Waals surface area contributed by atoms with Crippen molar-refractivity contribution in [3.05, 3.63) is 28.4 Å². The number of anilines is 1. The number of aromatic nitrogens is 1. The summed E-state index contributed by atoms with van der Waals surface area (Å²) in [5.41, 5.74) is -0.0133. The van der Waals surface area contributed by atoms with Crippen LogP contribution in [0.5, 0.6) is 0 Å². The Bertz CT molecular complexity index is 393. The highest BCUT2D eigenvalue weighted by Crippen LogP contribution is 2.27. The van der Waals surface area contributed by atoms with E-state index in [0.717, 1.165) is 19.3 Å². The van der Waals surface area contributed by atoms with E-state index in [1.54, 1.807) is 6.07 Å². The number of aliphatic hydroxyl groups is 1. The second-order valence-corrected chi connectivity index (χ2v) is 4.28. The van der Waals surface area contributed by atoms with Crippen molar-refractivity contribution in [1.82, 2.24) is 4.98 Å². The first-order chi connectivity index (χ1) is 8.20. The fraction of sp³-hybridized carbons (Fsp3) is 0.545. The summed E-state index contributed by atoms with van der Waals surface area (Å²) in [6, 6.07) is 3.25. The average molecular weight is 237 g/mol. The first-order valence-electron chi connectivity index (χ1n) is 5.68. The van der Waals surface area contributed by atoms with Gasteiger partial charge in [0, 0.05) is 24.6 Å². The molecule has 0 spiro atoms. The van der Waals surface area contributed by atoms with Gasteiger partial charge in [-0.1, -0.05) is 6.42 Å². The van der Waals surface area contributed by atoms with Gasteiger partial charge in [-0.15, -0.1) is 0 Å². The summed E-state index contributed by atoms with van der Waals surface area (Å²) >= 11 is 0. The lowest BCUT2D eigenvalue weighted by Crippen LogP contribution is -2.26. The largest absolute Gasteiger partial charge is 0.396 e. The number of nitrogens with one attached hydrogen (secondary N) is 1. The molecule has 0 bridgehead atoms. The minimum atomic E-state index is -0.469. The molecule has 1 heterocycles. The molecule has 2 unspecified atom stereocenters. The molecule has 1 aromatic heterocycles. The molecular formula is C11H15N3O3. The van der Waals surface area contributed by atoms with Gasteiger partial charge in [-0.05, 0) is 18.9 Å². The third-order valence-electron chi connectivity index (χ3n) is 3.19. The molecule has 92 valence electrons. The topological polar surface area (TPSA) is 88.3 Å². The summed E-state index contributed by atoms with van der Waals surface area (Å²) in [5.74, 6) is 0.882. The van der Waals surface area contributed by atoms with E-state index >= 15 is 0 Å². The Morgan fingerprint density at radius 2 is 2.35 bits per heavy atom. The maximum Gasteiger partial charge on any atom is 0.287 e. The Labute approximate surface area is 98.8 Å². The van der Waals surface area contributed by atoms with E-state index in [9.17, 15) is 15.2 Å². The molecule has 1 saturated carbocycles. The Morgan fingerprint density at radius 3 is 2.94 bits per heavy atom. The monoisotopic (exact) mass is 237 g/mol. The number of pyridine rings is 1. The van der Waals surface area contributed by atoms with Crippen LogP contribution in [0.25, 0.3) is 0 Å². The minimum Gasteiger partial charge on any atom is -0.396 e. The molecule has 1 aliphatic carbocycles. The van der Waals surface area contributed by atoms with Gasteiger partial charge in [-0.3, -0.25) is 10.1 Å². The first-order valence-corrected chi connectivity index (χ1v) is 5.68. The second kappa shape index (κ2) is 5.09. The summed E-state index contributed by atoms with van der Waals surface area (Å²) in [6.45, 7) is 0.171. The summed E-state index contributed by atoms with van der Waals surface area (Å²) in [5, 5.41) is 22.9. The van der Waals surface area contributed by atoms with Crippen molar-refractivity contribution >= 4 is 11.5 Å². The lowest BCUT2D eigenvalue weighted by atomic mass is 10.1.